The average Bonchev–Trinajstić information content (AvgIpc) is 3.27. The SMILES string of the molecule is COc1ccc(C(=O)/C=C/c2cn(-c3ccccc3)nc2-c2ccc(Cl)cc2)c(OC)c1. The van der Waals surface area contributed by atoms with Crippen LogP contribution in [0.1, 0.15) is 15.9 Å². The molecule has 0 aliphatic rings. The van der Waals surface area contributed by atoms with E-state index in [1.807, 2.05) is 60.8 Å². The van der Waals surface area contributed by atoms with Crippen LogP contribution in [0, 0.1) is 0 Å². The molecule has 0 saturated heterocycles. The summed E-state index contributed by atoms with van der Waals surface area (Å²) in [5.41, 5.74) is 3.82. The Bertz CT molecular complexity index is 1260. The van der Waals surface area contributed by atoms with Gasteiger partial charge in [-0.2, -0.15) is 5.10 Å². The minimum atomic E-state index is -0.181. The second-order valence-electron chi connectivity index (χ2n) is 6.98. The second-order valence-corrected chi connectivity index (χ2v) is 7.42. The maximum Gasteiger partial charge on any atom is 0.189 e. The third-order valence-corrected chi connectivity index (χ3v) is 5.22. The van der Waals surface area contributed by atoms with Crippen molar-refractivity contribution in [1.82, 2.24) is 9.78 Å². The van der Waals surface area contributed by atoms with Crippen LogP contribution in [0.2, 0.25) is 5.02 Å². The standard InChI is InChI=1S/C26H21ClN2O3/c1-31-22-13-14-23(25(16-22)32-2)24(30)15-10-19-17-29(21-6-4-3-5-7-21)28-26(19)18-8-11-20(27)12-9-18/h3-17H,1-2H3/b15-10+. The van der Waals surface area contributed by atoms with Crippen LogP contribution in [0.4, 0.5) is 0 Å². The second kappa shape index (κ2) is 9.54. The molecule has 160 valence electrons. The lowest BCUT2D eigenvalue weighted by atomic mass is 10.1. The summed E-state index contributed by atoms with van der Waals surface area (Å²) in [6, 6.07) is 22.4. The van der Waals surface area contributed by atoms with Gasteiger partial charge in [0.2, 0.25) is 0 Å². The van der Waals surface area contributed by atoms with E-state index in [-0.39, 0.29) is 5.78 Å². The van der Waals surface area contributed by atoms with Gasteiger partial charge >= 0.3 is 0 Å². The fraction of sp³-hybridized carbons (Fsp3) is 0.0769. The third-order valence-electron chi connectivity index (χ3n) is 4.97. The van der Waals surface area contributed by atoms with E-state index in [2.05, 4.69) is 0 Å². The normalized spacial score (nSPS) is 11.0. The molecule has 0 unspecified atom stereocenters. The van der Waals surface area contributed by atoms with Crippen molar-refractivity contribution in [3.63, 3.8) is 0 Å². The van der Waals surface area contributed by atoms with Gasteiger partial charge in [-0.1, -0.05) is 41.9 Å². The number of aromatic nitrogens is 2. The number of ether oxygens (including phenoxy) is 2. The Morgan fingerprint density at radius 1 is 0.969 bits per heavy atom. The van der Waals surface area contributed by atoms with Crippen molar-refractivity contribution < 1.29 is 14.3 Å². The van der Waals surface area contributed by atoms with Crippen molar-refractivity contribution in [3.8, 4) is 28.4 Å². The van der Waals surface area contributed by atoms with Crippen LogP contribution in [0.25, 0.3) is 23.0 Å². The molecule has 0 fully saturated rings. The highest BCUT2D eigenvalue weighted by molar-refractivity contribution is 6.30. The van der Waals surface area contributed by atoms with Crippen LogP contribution in [0.5, 0.6) is 11.5 Å². The summed E-state index contributed by atoms with van der Waals surface area (Å²) in [4.78, 5) is 12.9. The summed E-state index contributed by atoms with van der Waals surface area (Å²) in [7, 11) is 3.09. The number of methoxy groups -OCH3 is 2. The predicted octanol–water partition coefficient (Wildman–Crippen LogP) is 6.11. The molecule has 0 saturated carbocycles. The summed E-state index contributed by atoms with van der Waals surface area (Å²) >= 11 is 6.06. The first-order valence-corrected chi connectivity index (χ1v) is 10.3. The number of hydrogen-bond acceptors (Lipinski definition) is 4. The number of nitrogens with zero attached hydrogens (tertiary/aromatic N) is 2. The molecule has 1 heterocycles. The molecule has 0 aliphatic carbocycles. The monoisotopic (exact) mass is 444 g/mol. The van der Waals surface area contributed by atoms with Crippen LogP contribution in [0.3, 0.4) is 0 Å². The Kier molecular flexibility index (Phi) is 6.38. The van der Waals surface area contributed by atoms with Crippen LogP contribution in [-0.2, 0) is 0 Å². The van der Waals surface area contributed by atoms with Gasteiger partial charge in [0.25, 0.3) is 0 Å². The first-order chi connectivity index (χ1) is 15.6. The lowest BCUT2D eigenvalue weighted by Gasteiger charge is -2.07. The maximum absolute atomic E-state index is 12.9. The molecule has 0 spiro atoms. The molecule has 4 aromatic rings. The molecule has 4 rings (SSSR count). The molecule has 5 nitrogen and oxygen atoms in total. The number of allylic oxidation sites excluding steroid dienone is 1. The molecule has 0 aliphatic heterocycles. The number of carbonyl (C=O) groups is 1. The van der Waals surface area contributed by atoms with Gasteiger partial charge in [-0.3, -0.25) is 4.79 Å². The molecule has 3 aromatic carbocycles. The summed E-state index contributed by atoms with van der Waals surface area (Å²) < 4.78 is 12.4. The van der Waals surface area contributed by atoms with E-state index >= 15 is 0 Å². The number of benzene rings is 3. The van der Waals surface area contributed by atoms with Crippen molar-refractivity contribution in [1.29, 1.82) is 0 Å². The molecule has 6 heteroatoms. The van der Waals surface area contributed by atoms with E-state index in [4.69, 9.17) is 26.2 Å². The number of rotatable bonds is 7. The lowest BCUT2D eigenvalue weighted by Crippen LogP contribution is -1.99. The fourth-order valence-corrected chi connectivity index (χ4v) is 3.44. The number of carbonyl (C=O) groups excluding carboxylic acids is 1. The van der Waals surface area contributed by atoms with Crippen molar-refractivity contribution in [2.45, 2.75) is 0 Å². The van der Waals surface area contributed by atoms with Gasteiger partial charge in [0.05, 0.1) is 31.2 Å². The van der Waals surface area contributed by atoms with Crippen molar-refractivity contribution in [2.24, 2.45) is 0 Å². The molecule has 0 radical (unpaired) electrons. The molecule has 0 N–H and O–H groups in total. The van der Waals surface area contributed by atoms with Gasteiger partial charge in [0.1, 0.15) is 11.5 Å². The van der Waals surface area contributed by atoms with Gasteiger partial charge in [-0.25, -0.2) is 4.68 Å². The van der Waals surface area contributed by atoms with Crippen molar-refractivity contribution in [2.75, 3.05) is 14.2 Å². The zero-order valence-corrected chi connectivity index (χ0v) is 18.4. The van der Waals surface area contributed by atoms with Crippen molar-refractivity contribution >= 4 is 23.5 Å². The average molecular weight is 445 g/mol. The number of halogens is 1. The summed E-state index contributed by atoms with van der Waals surface area (Å²) in [6.45, 7) is 0. The summed E-state index contributed by atoms with van der Waals surface area (Å²) in [5.74, 6) is 0.896. The zero-order chi connectivity index (χ0) is 22.5. The van der Waals surface area contributed by atoms with Gasteiger partial charge < -0.3 is 9.47 Å². The minimum absolute atomic E-state index is 0.181. The first kappa shape index (κ1) is 21.4. The van der Waals surface area contributed by atoms with E-state index in [0.29, 0.717) is 22.1 Å². The highest BCUT2D eigenvalue weighted by atomic mass is 35.5. The minimum Gasteiger partial charge on any atom is -0.497 e. The smallest absolute Gasteiger partial charge is 0.189 e. The van der Waals surface area contributed by atoms with Gasteiger partial charge in [-0.15, -0.1) is 0 Å². The Balaban J connectivity index is 1.72. The van der Waals surface area contributed by atoms with E-state index in [9.17, 15) is 4.79 Å². The van der Waals surface area contributed by atoms with Crippen LogP contribution in [-0.4, -0.2) is 29.8 Å². The van der Waals surface area contributed by atoms with Crippen molar-refractivity contribution in [3.05, 3.63) is 101 Å². The topological polar surface area (TPSA) is 53.4 Å². The highest BCUT2D eigenvalue weighted by Gasteiger charge is 2.14. The summed E-state index contributed by atoms with van der Waals surface area (Å²) in [6.07, 6.45) is 5.19. The Morgan fingerprint density at radius 3 is 2.41 bits per heavy atom. The molecule has 0 atom stereocenters. The molecule has 1 aromatic heterocycles. The highest BCUT2D eigenvalue weighted by Crippen LogP contribution is 2.28. The zero-order valence-electron chi connectivity index (χ0n) is 17.7. The molecular weight excluding hydrogens is 424 g/mol. The van der Waals surface area contributed by atoms with E-state index in [0.717, 1.165) is 22.5 Å². The van der Waals surface area contributed by atoms with Crippen LogP contribution >= 0.6 is 11.6 Å². The molecule has 0 amide bonds. The van der Waals surface area contributed by atoms with Crippen LogP contribution < -0.4 is 9.47 Å². The Morgan fingerprint density at radius 2 is 1.72 bits per heavy atom. The maximum atomic E-state index is 12.9. The van der Waals surface area contributed by atoms with Gasteiger partial charge in [-0.05, 0) is 48.6 Å². The molecule has 0 bridgehead atoms. The summed E-state index contributed by atoms with van der Waals surface area (Å²) in [5, 5.41) is 5.41. The third kappa shape index (κ3) is 4.58. The largest absolute Gasteiger partial charge is 0.497 e. The van der Waals surface area contributed by atoms with E-state index in [1.54, 1.807) is 36.1 Å². The number of ketones is 1. The molecular formula is C26H21ClN2O3. The molecule has 32 heavy (non-hydrogen) atoms. The Hall–Kier alpha value is -3.83. The van der Waals surface area contributed by atoms with Crippen LogP contribution in [0.15, 0.2) is 85.1 Å². The Labute approximate surface area is 191 Å². The quantitative estimate of drug-likeness (QED) is 0.255. The van der Waals surface area contributed by atoms with Gasteiger partial charge in [0, 0.05) is 28.4 Å². The predicted molar refractivity (Wildman–Crippen MR) is 127 cm³/mol. The lowest BCUT2D eigenvalue weighted by molar-refractivity contribution is 0.104. The first-order valence-electron chi connectivity index (χ1n) is 9.94. The van der Waals surface area contributed by atoms with E-state index in [1.165, 1.54) is 13.2 Å². The van der Waals surface area contributed by atoms with E-state index < -0.39 is 0 Å². The fourth-order valence-electron chi connectivity index (χ4n) is 3.31. The van der Waals surface area contributed by atoms with Gasteiger partial charge in [0.15, 0.2) is 5.78 Å². The number of para-hydroxylation sites is 1. The number of hydrogen-bond donors (Lipinski definition) is 0.